The van der Waals surface area contributed by atoms with Crippen molar-refractivity contribution < 1.29 is 0 Å². The Morgan fingerprint density at radius 2 is 1.36 bits per heavy atom. The summed E-state index contributed by atoms with van der Waals surface area (Å²) in [5.41, 5.74) is 7.95. The lowest BCUT2D eigenvalue weighted by atomic mass is 10.0. The first-order valence-corrected chi connectivity index (χ1v) is 11.8. The number of allylic oxidation sites excluding steroid dienone is 5. The van der Waals surface area contributed by atoms with Gasteiger partial charge in [0.15, 0.2) is 0 Å². The van der Waals surface area contributed by atoms with E-state index in [1.54, 1.807) is 0 Å². The van der Waals surface area contributed by atoms with E-state index in [0.29, 0.717) is 0 Å². The maximum absolute atomic E-state index is 3.97. The minimum atomic E-state index is 1.05. The van der Waals surface area contributed by atoms with Gasteiger partial charge in [0.25, 0.3) is 0 Å². The van der Waals surface area contributed by atoms with Gasteiger partial charge in [-0.15, -0.1) is 0 Å². The van der Waals surface area contributed by atoms with E-state index >= 15 is 0 Å². The number of hydrogen-bond acceptors (Lipinski definition) is 1. The summed E-state index contributed by atoms with van der Waals surface area (Å²) in [5, 5.41) is 0. The van der Waals surface area contributed by atoms with Crippen LogP contribution < -0.4 is 4.90 Å². The van der Waals surface area contributed by atoms with Crippen molar-refractivity contribution in [1.82, 2.24) is 0 Å². The van der Waals surface area contributed by atoms with E-state index in [4.69, 9.17) is 0 Å². The minimum Gasteiger partial charge on any atom is -0.310 e. The first kappa shape index (κ1) is 22.6. The summed E-state index contributed by atoms with van der Waals surface area (Å²) in [7, 11) is 0. The molecule has 0 spiro atoms. The van der Waals surface area contributed by atoms with Gasteiger partial charge in [-0.3, -0.25) is 0 Å². The van der Waals surface area contributed by atoms with Crippen molar-refractivity contribution >= 4 is 38.6 Å². The molecule has 0 radical (unpaired) electrons. The Morgan fingerprint density at radius 1 is 0.727 bits per heavy atom. The molecule has 1 nitrogen and oxygen atoms in total. The molecule has 0 saturated heterocycles. The number of hydrogen-bond donors (Lipinski definition) is 0. The van der Waals surface area contributed by atoms with Crippen LogP contribution in [0.25, 0.3) is 16.7 Å². The van der Waals surface area contributed by atoms with Gasteiger partial charge in [0.1, 0.15) is 0 Å². The second-order valence-corrected chi connectivity index (χ2v) is 8.54. The van der Waals surface area contributed by atoms with Crippen molar-refractivity contribution in [3.63, 3.8) is 0 Å². The number of nitrogens with zero attached hydrogens (tertiary/aromatic N) is 1. The van der Waals surface area contributed by atoms with Crippen molar-refractivity contribution in [3.8, 4) is 11.1 Å². The smallest absolute Gasteiger partial charge is 0.0472 e. The number of halogens is 1. The average molecular weight is 492 g/mol. The number of anilines is 3. The molecule has 0 unspecified atom stereocenters. The van der Waals surface area contributed by atoms with Crippen LogP contribution in [0.1, 0.15) is 12.5 Å². The van der Waals surface area contributed by atoms with Gasteiger partial charge < -0.3 is 4.90 Å². The lowest BCUT2D eigenvalue weighted by Gasteiger charge is -2.26. The molecule has 4 rings (SSSR count). The maximum Gasteiger partial charge on any atom is 0.0472 e. The van der Waals surface area contributed by atoms with Gasteiger partial charge in [-0.1, -0.05) is 107 Å². The molecule has 0 atom stereocenters. The SMILES string of the molecule is C=C/C(=C\C=C/C)c1ccc(N(c2ccc(-c3ccccc3)cc2)c2cccc(Br)c2)cc1. The fourth-order valence-electron chi connectivity index (χ4n) is 3.78. The molecular weight excluding hydrogens is 466 g/mol. The van der Waals surface area contributed by atoms with Crippen LogP contribution in [0.15, 0.2) is 138 Å². The molecule has 0 fully saturated rings. The average Bonchev–Trinajstić information content (AvgIpc) is 2.86. The van der Waals surface area contributed by atoms with Gasteiger partial charge in [0.2, 0.25) is 0 Å². The number of benzene rings is 4. The molecule has 2 heteroatoms. The van der Waals surface area contributed by atoms with Crippen molar-refractivity contribution in [2.24, 2.45) is 0 Å². The highest BCUT2D eigenvalue weighted by molar-refractivity contribution is 9.10. The minimum absolute atomic E-state index is 1.05. The molecule has 4 aromatic carbocycles. The Labute approximate surface area is 205 Å². The highest BCUT2D eigenvalue weighted by atomic mass is 79.9. The Bertz CT molecular complexity index is 1270. The van der Waals surface area contributed by atoms with Gasteiger partial charge in [-0.2, -0.15) is 0 Å². The quantitative estimate of drug-likeness (QED) is 0.232. The molecular formula is C31H26BrN. The van der Waals surface area contributed by atoms with E-state index in [9.17, 15) is 0 Å². The van der Waals surface area contributed by atoms with E-state index in [1.807, 2.05) is 37.3 Å². The zero-order chi connectivity index (χ0) is 23.0. The van der Waals surface area contributed by atoms with Crippen LogP contribution in [0.3, 0.4) is 0 Å². The largest absolute Gasteiger partial charge is 0.310 e. The summed E-state index contributed by atoms with van der Waals surface area (Å²) in [5.74, 6) is 0. The van der Waals surface area contributed by atoms with E-state index in [-0.39, 0.29) is 0 Å². The molecule has 0 N–H and O–H groups in total. The van der Waals surface area contributed by atoms with Gasteiger partial charge in [-0.25, -0.2) is 0 Å². The highest BCUT2D eigenvalue weighted by Crippen LogP contribution is 2.37. The lowest BCUT2D eigenvalue weighted by molar-refractivity contribution is 1.28. The fourth-order valence-corrected chi connectivity index (χ4v) is 4.17. The molecule has 0 aliphatic carbocycles. The second-order valence-electron chi connectivity index (χ2n) is 7.63. The second kappa shape index (κ2) is 10.8. The van der Waals surface area contributed by atoms with Crippen molar-refractivity contribution in [1.29, 1.82) is 0 Å². The molecule has 33 heavy (non-hydrogen) atoms. The van der Waals surface area contributed by atoms with Gasteiger partial charge in [0.05, 0.1) is 0 Å². The molecule has 4 aromatic rings. The van der Waals surface area contributed by atoms with Gasteiger partial charge in [-0.05, 0) is 71.7 Å². The summed E-state index contributed by atoms with van der Waals surface area (Å²) in [4.78, 5) is 2.27. The summed E-state index contributed by atoms with van der Waals surface area (Å²) in [6.07, 6.45) is 8.03. The van der Waals surface area contributed by atoms with Crippen molar-refractivity contribution in [2.45, 2.75) is 6.92 Å². The van der Waals surface area contributed by atoms with E-state index in [0.717, 1.165) is 32.7 Å². The Kier molecular flexibility index (Phi) is 7.39. The molecule has 0 aliphatic heterocycles. The Hall–Kier alpha value is -3.62. The standard InChI is InChI=1S/C31H26BrN/c1-3-5-10-24(4-2)26-15-19-29(20-16-26)33(31-14-9-13-28(32)23-31)30-21-17-27(18-22-30)25-11-7-6-8-12-25/h3-23H,2H2,1H3/b5-3-,24-10+. The van der Waals surface area contributed by atoms with Gasteiger partial charge in [0, 0.05) is 21.5 Å². The third-order valence-electron chi connectivity index (χ3n) is 5.45. The van der Waals surface area contributed by atoms with Crippen LogP contribution in [0.2, 0.25) is 0 Å². The molecule has 0 heterocycles. The van der Waals surface area contributed by atoms with Crippen LogP contribution in [-0.4, -0.2) is 0 Å². The molecule has 0 amide bonds. The molecule has 0 saturated carbocycles. The van der Waals surface area contributed by atoms with Crippen molar-refractivity contribution in [2.75, 3.05) is 4.90 Å². The van der Waals surface area contributed by atoms with Crippen LogP contribution in [0.4, 0.5) is 17.1 Å². The topological polar surface area (TPSA) is 3.24 Å². The summed E-state index contributed by atoms with van der Waals surface area (Å²) < 4.78 is 1.05. The Balaban J connectivity index is 1.74. The van der Waals surface area contributed by atoms with Crippen molar-refractivity contribution in [3.05, 3.63) is 144 Å². The third-order valence-corrected chi connectivity index (χ3v) is 5.94. The monoisotopic (exact) mass is 491 g/mol. The first-order valence-electron chi connectivity index (χ1n) is 11.0. The summed E-state index contributed by atoms with van der Waals surface area (Å²) in [6, 6.07) is 36.2. The zero-order valence-corrected chi connectivity index (χ0v) is 20.2. The predicted octanol–water partition coefficient (Wildman–Crippen LogP) is 9.73. The van der Waals surface area contributed by atoms with E-state index < -0.39 is 0 Å². The van der Waals surface area contributed by atoms with Crippen LogP contribution in [-0.2, 0) is 0 Å². The fraction of sp³-hybridized carbons (Fsp3) is 0.0323. The van der Waals surface area contributed by atoms with E-state index in [1.165, 1.54) is 11.1 Å². The lowest BCUT2D eigenvalue weighted by Crippen LogP contribution is -2.09. The normalized spacial score (nSPS) is 11.5. The van der Waals surface area contributed by atoms with Crippen LogP contribution >= 0.6 is 15.9 Å². The van der Waals surface area contributed by atoms with Crippen LogP contribution in [0.5, 0.6) is 0 Å². The molecule has 0 bridgehead atoms. The zero-order valence-electron chi connectivity index (χ0n) is 18.7. The number of rotatable bonds is 7. The molecule has 162 valence electrons. The van der Waals surface area contributed by atoms with Crippen LogP contribution in [0, 0.1) is 0 Å². The third kappa shape index (κ3) is 5.42. The predicted molar refractivity (Wildman–Crippen MR) is 147 cm³/mol. The summed E-state index contributed by atoms with van der Waals surface area (Å²) >= 11 is 3.63. The van der Waals surface area contributed by atoms with Gasteiger partial charge >= 0.3 is 0 Å². The highest BCUT2D eigenvalue weighted by Gasteiger charge is 2.13. The summed E-state index contributed by atoms with van der Waals surface area (Å²) in [6.45, 7) is 5.98. The molecule has 0 aromatic heterocycles. The molecule has 0 aliphatic rings. The Morgan fingerprint density at radius 3 is 1.97 bits per heavy atom. The maximum atomic E-state index is 3.97. The van der Waals surface area contributed by atoms with E-state index in [2.05, 4.69) is 124 Å². The first-order chi connectivity index (χ1) is 16.2.